The van der Waals surface area contributed by atoms with Crippen LogP contribution in [0.15, 0.2) is 24.3 Å². The summed E-state index contributed by atoms with van der Waals surface area (Å²) in [4.78, 5) is 4.61. The van der Waals surface area contributed by atoms with Gasteiger partial charge in [-0.3, -0.25) is 0 Å². The van der Waals surface area contributed by atoms with Crippen molar-refractivity contribution in [1.29, 1.82) is 0 Å². The van der Waals surface area contributed by atoms with E-state index in [0.717, 1.165) is 40.0 Å². The van der Waals surface area contributed by atoms with E-state index in [-0.39, 0.29) is 0 Å². The molecule has 74 valence electrons. The molecule has 2 nitrogen and oxygen atoms in total. The van der Waals surface area contributed by atoms with Crippen LogP contribution >= 0.6 is 0 Å². The summed E-state index contributed by atoms with van der Waals surface area (Å²) in [5.74, 6) is 0. The first kappa shape index (κ1) is 8.48. The lowest BCUT2D eigenvalue weighted by molar-refractivity contribution is 1.09. The normalized spacial score (nSPS) is 14.1. The lowest BCUT2D eigenvalue weighted by atomic mass is 10.1. The topological polar surface area (TPSA) is 38.9 Å². The number of nitrogens with two attached hydrogens (primary N) is 1. The molecule has 0 unspecified atom stereocenters. The van der Waals surface area contributed by atoms with Gasteiger partial charge in [0.2, 0.25) is 0 Å². The van der Waals surface area contributed by atoms with Crippen molar-refractivity contribution in [2.24, 2.45) is 0 Å². The number of para-hydroxylation sites is 1. The summed E-state index contributed by atoms with van der Waals surface area (Å²) in [6.07, 6.45) is 6.48. The standard InChI is InChI=1S/C13H12N2/c14-13-9-5-1-3-7-11(9)15-12-8-4-2-6-10(12)13/h1,3,5-8H,2,4,14H2. The Balaban J connectivity index is 2.59. The van der Waals surface area contributed by atoms with Crippen molar-refractivity contribution < 1.29 is 0 Å². The van der Waals surface area contributed by atoms with E-state index in [2.05, 4.69) is 17.1 Å². The smallest absolute Gasteiger partial charge is 0.0730 e. The minimum Gasteiger partial charge on any atom is -0.398 e. The van der Waals surface area contributed by atoms with E-state index in [1.54, 1.807) is 0 Å². The van der Waals surface area contributed by atoms with E-state index < -0.39 is 0 Å². The number of nitrogen functional groups attached to an aromatic ring is 1. The summed E-state index contributed by atoms with van der Waals surface area (Å²) in [6, 6.07) is 8.03. The third-order valence-electron chi connectivity index (χ3n) is 2.85. The lowest BCUT2D eigenvalue weighted by Gasteiger charge is -2.06. The van der Waals surface area contributed by atoms with Crippen LogP contribution in [0.1, 0.15) is 12.8 Å². The van der Waals surface area contributed by atoms with Crippen LogP contribution in [0.2, 0.25) is 0 Å². The highest BCUT2D eigenvalue weighted by atomic mass is 14.7. The Labute approximate surface area is 87.7 Å². The second kappa shape index (κ2) is 3.09. The highest BCUT2D eigenvalue weighted by Crippen LogP contribution is 2.13. The van der Waals surface area contributed by atoms with Gasteiger partial charge in [0.1, 0.15) is 0 Å². The molecule has 15 heavy (non-hydrogen) atoms. The van der Waals surface area contributed by atoms with Crippen LogP contribution in [0.25, 0.3) is 23.1 Å². The molecule has 2 aromatic rings. The molecule has 0 radical (unpaired) electrons. The number of hydrogen-bond acceptors (Lipinski definition) is 2. The molecule has 1 aliphatic carbocycles. The summed E-state index contributed by atoms with van der Waals surface area (Å²) < 4.78 is 0. The van der Waals surface area contributed by atoms with Crippen molar-refractivity contribution in [3.63, 3.8) is 0 Å². The summed E-state index contributed by atoms with van der Waals surface area (Å²) >= 11 is 0. The van der Waals surface area contributed by atoms with Crippen LogP contribution in [0, 0.1) is 0 Å². The van der Waals surface area contributed by atoms with Gasteiger partial charge in [-0.25, -0.2) is 4.98 Å². The fourth-order valence-electron chi connectivity index (χ4n) is 2.09. The van der Waals surface area contributed by atoms with E-state index in [1.807, 2.05) is 24.3 Å². The van der Waals surface area contributed by atoms with Crippen LogP contribution in [0.4, 0.5) is 5.69 Å². The molecule has 1 aliphatic rings. The SMILES string of the molecule is Nc1c2c(nc3ccccc13)=CCCC=2. The molecular formula is C13H12N2. The Morgan fingerprint density at radius 3 is 2.80 bits per heavy atom. The molecule has 1 heterocycles. The quantitative estimate of drug-likeness (QED) is 0.687. The fourth-order valence-corrected chi connectivity index (χ4v) is 2.09. The molecule has 0 spiro atoms. The highest BCUT2D eigenvalue weighted by molar-refractivity contribution is 5.90. The molecule has 1 aromatic carbocycles. The number of hydrogen-bond donors (Lipinski definition) is 1. The average Bonchev–Trinajstić information content (AvgIpc) is 2.30. The summed E-state index contributed by atoms with van der Waals surface area (Å²) in [7, 11) is 0. The fraction of sp³-hybridized carbons (Fsp3) is 0.154. The van der Waals surface area contributed by atoms with Crippen LogP contribution in [-0.4, -0.2) is 4.98 Å². The molecule has 0 atom stereocenters. The van der Waals surface area contributed by atoms with E-state index in [1.165, 1.54) is 0 Å². The lowest BCUT2D eigenvalue weighted by Crippen LogP contribution is -2.32. The maximum absolute atomic E-state index is 6.15. The first-order valence-corrected chi connectivity index (χ1v) is 5.21. The van der Waals surface area contributed by atoms with Crippen LogP contribution in [0.5, 0.6) is 0 Å². The number of fused-ring (bicyclic) bond motifs is 2. The van der Waals surface area contributed by atoms with Gasteiger partial charge in [0.25, 0.3) is 0 Å². The minimum atomic E-state index is 0.867. The number of aromatic nitrogens is 1. The molecule has 3 rings (SSSR count). The van der Waals surface area contributed by atoms with Crippen LogP contribution in [0.3, 0.4) is 0 Å². The van der Waals surface area contributed by atoms with Crippen molar-refractivity contribution in [3.05, 3.63) is 34.8 Å². The van der Waals surface area contributed by atoms with Crippen molar-refractivity contribution in [2.75, 3.05) is 5.73 Å². The van der Waals surface area contributed by atoms with Gasteiger partial charge in [-0.15, -0.1) is 0 Å². The number of rotatable bonds is 0. The van der Waals surface area contributed by atoms with Gasteiger partial charge in [0, 0.05) is 10.6 Å². The second-order valence-corrected chi connectivity index (χ2v) is 3.83. The number of anilines is 1. The van der Waals surface area contributed by atoms with E-state index >= 15 is 0 Å². The predicted octanol–water partition coefficient (Wildman–Crippen LogP) is 1.17. The molecule has 0 amide bonds. The molecule has 0 bridgehead atoms. The molecule has 0 fully saturated rings. The predicted molar refractivity (Wildman–Crippen MR) is 63.6 cm³/mol. The van der Waals surface area contributed by atoms with Gasteiger partial charge in [0.15, 0.2) is 0 Å². The highest BCUT2D eigenvalue weighted by Gasteiger charge is 2.03. The van der Waals surface area contributed by atoms with Gasteiger partial charge >= 0.3 is 0 Å². The zero-order chi connectivity index (χ0) is 10.3. The Morgan fingerprint density at radius 1 is 1.07 bits per heavy atom. The zero-order valence-corrected chi connectivity index (χ0v) is 8.40. The van der Waals surface area contributed by atoms with Gasteiger partial charge in [0.05, 0.1) is 16.6 Å². The molecule has 2 N–H and O–H groups in total. The third-order valence-corrected chi connectivity index (χ3v) is 2.85. The Kier molecular flexibility index (Phi) is 1.75. The maximum Gasteiger partial charge on any atom is 0.0730 e. The number of nitrogens with zero attached hydrogens (tertiary/aromatic N) is 1. The second-order valence-electron chi connectivity index (χ2n) is 3.83. The van der Waals surface area contributed by atoms with Gasteiger partial charge in [-0.2, -0.15) is 0 Å². The molecule has 0 saturated heterocycles. The van der Waals surface area contributed by atoms with E-state index in [9.17, 15) is 0 Å². The summed E-state index contributed by atoms with van der Waals surface area (Å²) in [6.45, 7) is 0. The minimum absolute atomic E-state index is 0.867. The molecule has 0 saturated carbocycles. The molecule has 0 aliphatic heterocycles. The van der Waals surface area contributed by atoms with Gasteiger partial charge in [-0.1, -0.05) is 30.4 Å². The molecular weight excluding hydrogens is 184 g/mol. The average molecular weight is 196 g/mol. The van der Waals surface area contributed by atoms with Crippen LogP contribution < -0.4 is 16.3 Å². The first-order chi connectivity index (χ1) is 7.36. The Bertz CT molecular complexity index is 641. The summed E-state index contributed by atoms with van der Waals surface area (Å²) in [5, 5.41) is 3.21. The largest absolute Gasteiger partial charge is 0.398 e. The first-order valence-electron chi connectivity index (χ1n) is 5.21. The zero-order valence-electron chi connectivity index (χ0n) is 8.40. The molecule has 2 heteroatoms. The van der Waals surface area contributed by atoms with Gasteiger partial charge < -0.3 is 5.73 Å². The van der Waals surface area contributed by atoms with Crippen molar-refractivity contribution >= 4 is 28.7 Å². The Hall–Kier alpha value is -1.83. The number of benzene rings is 1. The molecule has 1 aromatic heterocycles. The van der Waals surface area contributed by atoms with E-state index in [0.29, 0.717) is 0 Å². The summed E-state index contributed by atoms with van der Waals surface area (Å²) in [5.41, 5.74) is 8.00. The van der Waals surface area contributed by atoms with Crippen molar-refractivity contribution in [3.8, 4) is 0 Å². The van der Waals surface area contributed by atoms with Crippen molar-refractivity contribution in [2.45, 2.75) is 12.8 Å². The van der Waals surface area contributed by atoms with E-state index in [4.69, 9.17) is 5.73 Å². The van der Waals surface area contributed by atoms with Gasteiger partial charge in [-0.05, 0) is 18.9 Å². The number of pyridine rings is 1. The Morgan fingerprint density at radius 2 is 1.87 bits per heavy atom. The maximum atomic E-state index is 6.15. The van der Waals surface area contributed by atoms with Crippen molar-refractivity contribution in [1.82, 2.24) is 4.98 Å². The monoisotopic (exact) mass is 196 g/mol. The van der Waals surface area contributed by atoms with Crippen LogP contribution in [-0.2, 0) is 0 Å². The third kappa shape index (κ3) is 1.22.